The summed E-state index contributed by atoms with van der Waals surface area (Å²) in [6.45, 7) is 23.2. The molecular weight excluding hydrogens is 821 g/mol. The van der Waals surface area contributed by atoms with Crippen LogP contribution in [0.5, 0.6) is 0 Å². The van der Waals surface area contributed by atoms with Crippen LogP contribution in [0.2, 0.25) is 25.2 Å². The zero-order chi connectivity index (χ0) is 47.6. The van der Waals surface area contributed by atoms with Gasteiger partial charge >= 0.3 is 5.97 Å². The molecule has 0 aromatic heterocycles. The van der Waals surface area contributed by atoms with Crippen LogP contribution in [-0.2, 0) is 42.9 Å². The molecule has 0 radical (unpaired) electrons. The molecule has 0 unspecified atom stereocenters. The summed E-state index contributed by atoms with van der Waals surface area (Å²) in [5.41, 5.74) is 8.94. The van der Waals surface area contributed by atoms with E-state index in [1.54, 1.807) is 21.0 Å². The second kappa shape index (κ2) is 24.5. The van der Waals surface area contributed by atoms with E-state index in [0.29, 0.717) is 44.1 Å². The third-order valence-corrected chi connectivity index (χ3v) is 18.2. The average Bonchev–Trinajstić information content (AvgIpc) is 3.23. The number of piperidine rings is 1. The van der Waals surface area contributed by atoms with E-state index < -0.39 is 85.8 Å². The number of hydrogen-bond acceptors (Lipinski definition) is 12. The Morgan fingerprint density at radius 1 is 0.952 bits per heavy atom. The summed E-state index contributed by atoms with van der Waals surface area (Å²) in [5, 5.41) is 23.7. The van der Waals surface area contributed by atoms with Crippen molar-refractivity contribution in [2.24, 2.45) is 35.3 Å². The van der Waals surface area contributed by atoms with Crippen LogP contribution in [0.1, 0.15) is 126 Å². The maximum atomic E-state index is 14.3. The summed E-state index contributed by atoms with van der Waals surface area (Å²) in [6.07, 6.45) is 5.22. The van der Waals surface area contributed by atoms with Crippen molar-refractivity contribution in [2.45, 2.75) is 206 Å². The lowest BCUT2D eigenvalue weighted by molar-refractivity contribution is -0.302. The van der Waals surface area contributed by atoms with Gasteiger partial charge in [-0.2, -0.15) is 0 Å². The molecule has 4 aliphatic rings. The Hall–Kier alpha value is -2.30. The lowest BCUT2D eigenvalue weighted by Gasteiger charge is -2.47. The SMILES string of the molecule is CC(C)[Si](C)(C)C.CC[C@@H]1/C=C(\C)C[C@H](C)C[C@H](OC)[C@H]2O[C@@](O)(C(=O)C(=O)N3CCCC[C@H]3C(=O)O[C@H](/C(C)=C/[C@@H]3CC[C@H](N)[C@H](OC)C3)[C@H](C)[C@@H](O)CC1=O)[C@H](C)C[C@@H]2OC. The number of Topliss-reactive ketones (excluding diaryl/α,β-unsaturated/α-hetero) is 2. The molecule has 0 aromatic rings. The maximum absolute atomic E-state index is 14.3. The minimum absolute atomic E-state index is 0.0428. The van der Waals surface area contributed by atoms with Gasteiger partial charge in [-0.3, -0.25) is 14.4 Å². The topological polar surface area (TPSA) is 184 Å². The number of fused-ring (bicyclic) bond motifs is 3. The first-order chi connectivity index (χ1) is 29.4. The molecule has 0 spiro atoms. The average molecular weight is 907 g/mol. The van der Waals surface area contributed by atoms with Gasteiger partial charge in [-0.25, -0.2) is 4.79 Å². The fourth-order valence-corrected chi connectivity index (χ4v) is 9.45. The van der Waals surface area contributed by atoms with E-state index in [0.717, 1.165) is 24.0 Å². The van der Waals surface area contributed by atoms with Crippen LogP contribution in [0, 0.1) is 29.6 Å². The lowest BCUT2D eigenvalue weighted by atomic mass is 9.81. The van der Waals surface area contributed by atoms with Gasteiger partial charge < -0.3 is 44.5 Å². The van der Waals surface area contributed by atoms with Crippen molar-refractivity contribution in [3.63, 3.8) is 0 Å². The molecule has 0 aromatic carbocycles. The van der Waals surface area contributed by atoms with Crippen molar-refractivity contribution < 1.29 is 53.1 Å². The minimum atomic E-state index is -2.49. The molecule has 13 nitrogen and oxygen atoms in total. The second-order valence-electron chi connectivity index (χ2n) is 20.8. The first-order valence-corrected chi connectivity index (χ1v) is 27.4. The number of ether oxygens (including phenoxy) is 5. The van der Waals surface area contributed by atoms with Crippen molar-refractivity contribution in [2.75, 3.05) is 27.9 Å². The Kier molecular flexibility index (Phi) is 21.4. The number of nitrogens with zero attached hydrogens (tertiary/aromatic N) is 1. The molecular formula is C49H86N2O11Si. The highest BCUT2D eigenvalue weighted by Gasteiger charge is 2.56. The number of hydrogen-bond donors (Lipinski definition) is 3. The number of methoxy groups -OCH3 is 3. The summed E-state index contributed by atoms with van der Waals surface area (Å²) in [4.78, 5) is 57.7. The number of esters is 1. The molecule has 14 atom stereocenters. The number of rotatable bonds is 7. The second-order valence-corrected chi connectivity index (χ2v) is 26.7. The highest BCUT2D eigenvalue weighted by Crippen LogP contribution is 2.39. The molecule has 4 N–H and O–H groups in total. The fourth-order valence-electron chi connectivity index (χ4n) is 9.45. The Morgan fingerprint density at radius 3 is 2.13 bits per heavy atom. The molecule has 14 heteroatoms. The predicted molar refractivity (Wildman–Crippen MR) is 248 cm³/mol. The van der Waals surface area contributed by atoms with E-state index in [-0.39, 0.29) is 55.6 Å². The molecule has 2 bridgehead atoms. The molecule has 3 heterocycles. The smallest absolute Gasteiger partial charge is 0.329 e. The Balaban J connectivity index is 0.00000139. The first-order valence-electron chi connectivity index (χ1n) is 23.8. The van der Waals surface area contributed by atoms with Gasteiger partial charge in [0.1, 0.15) is 24.0 Å². The van der Waals surface area contributed by atoms with Crippen LogP contribution in [0.4, 0.5) is 0 Å². The van der Waals surface area contributed by atoms with Gasteiger partial charge in [0.05, 0.1) is 24.4 Å². The van der Waals surface area contributed by atoms with Gasteiger partial charge in [0.25, 0.3) is 11.7 Å². The Labute approximate surface area is 380 Å². The maximum Gasteiger partial charge on any atom is 0.329 e. The van der Waals surface area contributed by atoms with E-state index in [9.17, 15) is 29.4 Å². The monoisotopic (exact) mass is 907 g/mol. The third kappa shape index (κ3) is 14.6. The zero-order valence-corrected chi connectivity index (χ0v) is 42.3. The Morgan fingerprint density at radius 2 is 1.56 bits per heavy atom. The Bertz CT molecular complexity index is 1580. The molecule has 2 saturated heterocycles. The molecule has 4 rings (SSSR count). The summed E-state index contributed by atoms with van der Waals surface area (Å²) in [6, 6.07) is -1.20. The largest absolute Gasteiger partial charge is 0.456 e. The van der Waals surface area contributed by atoms with Crippen molar-refractivity contribution >= 4 is 31.5 Å². The first kappa shape index (κ1) is 55.0. The van der Waals surface area contributed by atoms with Crippen LogP contribution in [-0.4, -0.2) is 129 Å². The van der Waals surface area contributed by atoms with Crippen molar-refractivity contribution in [1.82, 2.24) is 4.90 Å². The zero-order valence-electron chi connectivity index (χ0n) is 41.3. The number of aliphatic hydroxyl groups excluding tert-OH is 1. The van der Waals surface area contributed by atoms with E-state index in [2.05, 4.69) is 40.4 Å². The third-order valence-electron chi connectivity index (χ3n) is 14.7. The lowest BCUT2D eigenvalue weighted by Crippen LogP contribution is -2.64. The molecule has 3 aliphatic heterocycles. The number of carbonyl (C=O) groups excluding carboxylic acids is 4. The summed E-state index contributed by atoms with van der Waals surface area (Å²) in [7, 11) is 3.98. The van der Waals surface area contributed by atoms with E-state index in [4.69, 9.17) is 29.4 Å². The summed E-state index contributed by atoms with van der Waals surface area (Å²) < 4.78 is 29.9. The quantitative estimate of drug-likeness (QED) is 0.101. The van der Waals surface area contributed by atoms with E-state index >= 15 is 0 Å². The van der Waals surface area contributed by atoms with Gasteiger partial charge in [-0.1, -0.05) is 84.4 Å². The number of cyclic esters (lactones) is 1. The highest BCUT2D eigenvalue weighted by atomic mass is 28.3. The van der Waals surface area contributed by atoms with Crippen LogP contribution in [0.25, 0.3) is 0 Å². The van der Waals surface area contributed by atoms with Crippen molar-refractivity contribution in [1.29, 1.82) is 0 Å². The van der Waals surface area contributed by atoms with Gasteiger partial charge in [0.2, 0.25) is 5.79 Å². The van der Waals surface area contributed by atoms with Crippen LogP contribution < -0.4 is 5.73 Å². The normalized spacial score (nSPS) is 38.4. The molecule has 362 valence electrons. The summed E-state index contributed by atoms with van der Waals surface area (Å²) >= 11 is 0. The molecule has 63 heavy (non-hydrogen) atoms. The fraction of sp³-hybridized carbons (Fsp3) is 0.837. The number of aliphatic hydroxyl groups is 2. The van der Waals surface area contributed by atoms with Crippen LogP contribution >= 0.6 is 0 Å². The van der Waals surface area contributed by atoms with Crippen molar-refractivity contribution in [3.8, 4) is 0 Å². The van der Waals surface area contributed by atoms with Crippen LogP contribution in [0.15, 0.2) is 23.3 Å². The van der Waals surface area contributed by atoms with Gasteiger partial charge in [0.15, 0.2) is 0 Å². The number of allylic oxidation sites excluding steroid dienone is 3. The van der Waals surface area contributed by atoms with Gasteiger partial charge in [0, 0.05) is 66.2 Å². The van der Waals surface area contributed by atoms with Gasteiger partial charge in [-0.05, 0) is 95.5 Å². The highest BCUT2D eigenvalue weighted by molar-refractivity contribution is 6.77. The molecule has 1 saturated carbocycles. The number of ketones is 2. The van der Waals surface area contributed by atoms with E-state index in [1.807, 2.05) is 32.9 Å². The predicted octanol–water partition coefficient (Wildman–Crippen LogP) is 7.17. The van der Waals surface area contributed by atoms with Crippen LogP contribution in [0.3, 0.4) is 0 Å². The van der Waals surface area contributed by atoms with E-state index in [1.165, 1.54) is 19.1 Å². The summed E-state index contributed by atoms with van der Waals surface area (Å²) in [5.74, 6) is -7.30. The van der Waals surface area contributed by atoms with Gasteiger partial charge in [-0.15, -0.1) is 0 Å². The standard InChI is InChI=1S/C43H70N2O11.C6H16Si/c1-10-30-18-24(2)17-25(3)19-36(53-8)39-37(54-9)21-27(5)43(51,56-39)40(48)41(49)45-16-12-11-13-32(45)42(50)55-38(28(6)33(46)23-34(30)47)26(4)20-29-14-15-31(44)35(22-29)52-7;1-6(2)7(3,4)5/h18,20,25,27-33,35-39,46,51H,10-17,19,21-23,44H2,1-9H3;6H,1-5H3/b24-18+,26-20+;/t25-,27+,28+,29-,30+,31-,32-,33-,35+,36-,37-,38+,39+,43+;/m0./s1. The number of nitrogens with two attached hydrogens (primary N) is 1. The number of amides is 1. The molecule has 3 fully saturated rings. The van der Waals surface area contributed by atoms with Crippen molar-refractivity contribution in [3.05, 3.63) is 23.3 Å². The molecule has 1 amide bonds. The molecule has 1 aliphatic carbocycles. The number of carbonyl (C=O) groups is 4. The minimum Gasteiger partial charge on any atom is -0.456 e.